The Morgan fingerprint density at radius 3 is 2.37 bits per heavy atom. The molecule has 2 rings (SSSR count). The van der Waals surface area contributed by atoms with Gasteiger partial charge in [0.2, 0.25) is 0 Å². The second-order valence-corrected chi connectivity index (χ2v) is 6.23. The van der Waals surface area contributed by atoms with E-state index in [9.17, 15) is 0 Å². The maximum atomic E-state index is 3.41. The maximum absolute atomic E-state index is 3.41. The molecule has 0 spiro atoms. The number of piperidine rings is 2. The topological polar surface area (TPSA) is 18.5 Å². The molecule has 0 aromatic carbocycles. The molecular formula is C16H33N3. The minimum Gasteiger partial charge on any atom is -0.317 e. The van der Waals surface area contributed by atoms with Gasteiger partial charge in [-0.05, 0) is 84.3 Å². The van der Waals surface area contributed by atoms with Gasteiger partial charge in [-0.15, -0.1) is 0 Å². The van der Waals surface area contributed by atoms with Crippen molar-refractivity contribution in [2.45, 2.75) is 57.9 Å². The van der Waals surface area contributed by atoms with E-state index < -0.39 is 0 Å². The fourth-order valence-corrected chi connectivity index (χ4v) is 3.55. The highest BCUT2D eigenvalue weighted by molar-refractivity contribution is 4.81. The smallest absolute Gasteiger partial charge is 0.0120 e. The molecule has 112 valence electrons. The summed E-state index contributed by atoms with van der Waals surface area (Å²) in [5.74, 6) is 0. The lowest BCUT2D eigenvalue weighted by atomic mass is 10.00. The van der Waals surface area contributed by atoms with Crippen LogP contribution in [-0.2, 0) is 0 Å². The van der Waals surface area contributed by atoms with Crippen LogP contribution in [0.2, 0.25) is 0 Å². The van der Waals surface area contributed by atoms with Gasteiger partial charge >= 0.3 is 0 Å². The lowest BCUT2D eigenvalue weighted by Crippen LogP contribution is -2.46. The number of nitrogens with zero attached hydrogens (tertiary/aromatic N) is 2. The molecule has 1 N–H and O–H groups in total. The highest BCUT2D eigenvalue weighted by Crippen LogP contribution is 2.20. The predicted molar refractivity (Wildman–Crippen MR) is 82.7 cm³/mol. The van der Waals surface area contributed by atoms with Crippen LogP contribution in [-0.4, -0.2) is 61.7 Å². The summed E-state index contributed by atoms with van der Waals surface area (Å²) < 4.78 is 0. The third kappa shape index (κ3) is 5.41. The van der Waals surface area contributed by atoms with E-state index in [0.717, 1.165) is 12.6 Å². The minimum absolute atomic E-state index is 0.901. The van der Waals surface area contributed by atoms with Crippen LogP contribution < -0.4 is 5.32 Å². The molecule has 19 heavy (non-hydrogen) atoms. The van der Waals surface area contributed by atoms with E-state index in [0.29, 0.717) is 0 Å². The minimum atomic E-state index is 0.901. The molecule has 0 unspecified atom stereocenters. The van der Waals surface area contributed by atoms with Gasteiger partial charge in [-0.25, -0.2) is 0 Å². The van der Waals surface area contributed by atoms with Crippen LogP contribution in [0.15, 0.2) is 0 Å². The number of hydrogen-bond acceptors (Lipinski definition) is 3. The summed E-state index contributed by atoms with van der Waals surface area (Å²) in [4.78, 5) is 5.46. The first kappa shape index (κ1) is 15.3. The zero-order chi connectivity index (χ0) is 13.3. The molecule has 2 aliphatic heterocycles. The van der Waals surface area contributed by atoms with E-state index in [1.807, 2.05) is 0 Å². The van der Waals surface area contributed by atoms with Gasteiger partial charge in [0.25, 0.3) is 0 Å². The van der Waals surface area contributed by atoms with Crippen molar-refractivity contribution in [3.05, 3.63) is 0 Å². The van der Waals surface area contributed by atoms with Crippen LogP contribution in [0.4, 0.5) is 0 Å². The monoisotopic (exact) mass is 267 g/mol. The third-order valence-corrected chi connectivity index (χ3v) is 4.79. The number of nitrogens with one attached hydrogen (secondary N) is 1. The molecule has 3 heteroatoms. The number of rotatable bonds is 7. The Morgan fingerprint density at radius 1 is 0.947 bits per heavy atom. The summed E-state index contributed by atoms with van der Waals surface area (Å²) >= 11 is 0. The summed E-state index contributed by atoms with van der Waals surface area (Å²) in [6.07, 6.45) is 9.85. The van der Waals surface area contributed by atoms with Crippen molar-refractivity contribution in [1.29, 1.82) is 0 Å². The quantitative estimate of drug-likeness (QED) is 0.714. The fraction of sp³-hybridized carbons (Fsp3) is 1.00. The highest BCUT2D eigenvalue weighted by Gasteiger charge is 2.24. The van der Waals surface area contributed by atoms with E-state index in [2.05, 4.69) is 22.0 Å². The molecule has 0 atom stereocenters. The number of unbranched alkanes of at least 4 members (excludes halogenated alkanes) is 1. The van der Waals surface area contributed by atoms with E-state index in [-0.39, 0.29) is 0 Å². The van der Waals surface area contributed by atoms with Crippen molar-refractivity contribution in [2.24, 2.45) is 0 Å². The van der Waals surface area contributed by atoms with Gasteiger partial charge in [0, 0.05) is 6.04 Å². The Labute approximate surface area is 119 Å². The van der Waals surface area contributed by atoms with Crippen molar-refractivity contribution < 1.29 is 0 Å². The van der Waals surface area contributed by atoms with E-state index in [4.69, 9.17) is 0 Å². The van der Waals surface area contributed by atoms with Crippen molar-refractivity contribution in [3.63, 3.8) is 0 Å². The lowest BCUT2D eigenvalue weighted by Gasteiger charge is -2.40. The van der Waals surface area contributed by atoms with E-state index in [1.54, 1.807) is 0 Å². The van der Waals surface area contributed by atoms with Gasteiger partial charge in [-0.1, -0.05) is 13.3 Å². The largest absolute Gasteiger partial charge is 0.317 e. The molecule has 0 radical (unpaired) electrons. The van der Waals surface area contributed by atoms with Gasteiger partial charge < -0.3 is 15.1 Å². The molecule has 2 fully saturated rings. The van der Waals surface area contributed by atoms with Crippen LogP contribution in [0.25, 0.3) is 0 Å². The van der Waals surface area contributed by atoms with Gasteiger partial charge in [-0.2, -0.15) is 0 Å². The summed E-state index contributed by atoms with van der Waals surface area (Å²) in [7, 11) is 0. The Bertz CT molecular complexity index is 218. The zero-order valence-electron chi connectivity index (χ0n) is 12.9. The van der Waals surface area contributed by atoms with Gasteiger partial charge in [-0.3, -0.25) is 0 Å². The summed E-state index contributed by atoms with van der Waals surface area (Å²) in [5.41, 5.74) is 0. The SMILES string of the molecule is CCNCCCCN1CCC(N2CCCCC2)CC1. The van der Waals surface area contributed by atoms with Crippen LogP contribution in [0.1, 0.15) is 51.9 Å². The van der Waals surface area contributed by atoms with E-state index >= 15 is 0 Å². The Balaban J connectivity index is 1.54. The predicted octanol–water partition coefficient (Wildman–Crippen LogP) is 2.33. The van der Waals surface area contributed by atoms with Crippen LogP contribution in [0.3, 0.4) is 0 Å². The first-order chi connectivity index (χ1) is 9.40. The molecule has 3 nitrogen and oxygen atoms in total. The molecule has 0 aromatic heterocycles. The lowest BCUT2D eigenvalue weighted by molar-refractivity contribution is 0.0919. The van der Waals surface area contributed by atoms with E-state index in [1.165, 1.54) is 84.2 Å². The Kier molecular flexibility index (Phi) is 7.18. The van der Waals surface area contributed by atoms with Crippen LogP contribution >= 0.6 is 0 Å². The highest BCUT2D eigenvalue weighted by atomic mass is 15.2. The summed E-state index contributed by atoms with van der Waals surface area (Å²) in [6.45, 7) is 11.2. The first-order valence-electron chi connectivity index (χ1n) is 8.57. The number of likely N-dealkylation sites (tertiary alicyclic amines) is 2. The van der Waals surface area contributed by atoms with Gasteiger partial charge in [0.15, 0.2) is 0 Å². The first-order valence-corrected chi connectivity index (χ1v) is 8.57. The zero-order valence-corrected chi connectivity index (χ0v) is 12.9. The normalized spacial score (nSPS) is 23.8. The average Bonchev–Trinajstić information content (AvgIpc) is 2.49. The molecule has 0 aromatic rings. The molecule has 2 saturated heterocycles. The standard InChI is InChI=1S/C16H33N3/c1-2-17-10-4-7-11-18-14-8-16(9-15-18)19-12-5-3-6-13-19/h16-17H,2-15H2,1H3. The second kappa shape index (κ2) is 8.93. The molecule has 0 saturated carbocycles. The molecule has 0 bridgehead atoms. The Hall–Kier alpha value is -0.120. The van der Waals surface area contributed by atoms with Crippen molar-refractivity contribution in [3.8, 4) is 0 Å². The number of hydrogen-bond donors (Lipinski definition) is 1. The summed E-state index contributed by atoms with van der Waals surface area (Å²) in [5, 5.41) is 3.41. The van der Waals surface area contributed by atoms with Gasteiger partial charge in [0.05, 0.1) is 0 Å². The molecule has 0 amide bonds. The second-order valence-electron chi connectivity index (χ2n) is 6.23. The molecule has 2 heterocycles. The molecular weight excluding hydrogens is 234 g/mol. The van der Waals surface area contributed by atoms with Gasteiger partial charge in [0.1, 0.15) is 0 Å². The molecule has 0 aliphatic carbocycles. The summed E-state index contributed by atoms with van der Waals surface area (Å²) in [6, 6.07) is 0.901. The van der Waals surface area contributed by atoms with Crippen molar-refractivity contribution in [2.75, 3.05) is 45.8 Å². The third-order valence-electron chi connectivity index (χ3n) is 4.79. The average molecular weight is 267 g/mol. The van der Waals surface area contributed by atoms with Crippen molar-refractivity contribution in [1.82, 2.24) is 15.1 Å². The molecule has 2 aliphatic rings. The van der Waals surface area contributed by atoms with Crippen LogP contribution in [0, 0.1) is 0 Å². The fourth-order valence-electron chi connectivity index (χ4n) is 3.55. The maximum Gasteiger partial charge on any atom is 0.0120 e. The van der Waals surface area contributed by atoms with Crippen molar-refractivity contribution >= 4 is 0 Å². The Morgan fingerprint density at radius 2 is 1.68 bits per heavy atom. The van der Waals surface area contributed by atoms with Crippen LogP contribution in [0.5, 0.6) is 0 Å².